The molecule has 0 rings (SSSR count). The van der Waals surface area contributed by atoms with E-state index in [0.717, 1.165) is 26.1 Å². The van der Waals surface area contributed by atoms with Crippen molar-refractivity contribution >= 4 is 0 Å². The first-order valence-electron chi connectivity index (χ1n) is 4.93. The quantitative estimate of drug-likeness (QED) is 0.485. The second-order valence-corrected chi connectivity index (χ2v) is 4.11. The average molecular weight is 185 g/mol. The molecule has 0 aromatic rings. The van der Waals surface area contributed by atoms with Gasteiger partial charge in [0.25, 0.3) is 0 Å². The molecule has 0 bridgehead atoms. The Morgan fingerprint density at radius 3 is 2.62 bits per heavy atom. The normalized spacial score (nSPS) is 12.6. The van der Waals surface area contributed by atoms with E-state index in [1.54, 1.807) is 7.11 Å². The summed E-state index contributed by atoms with van der Waals surface area (Å²) in [6.07, 6.45) is 5.30. The third-order valence-electron chi connectivity index (χ3n) is 2.08. The summed E-state index contributed by atoms with van der Waals surface area (Å²) in [5.74, 6) is 0. The molecule has 0 aliphatic carbocycles. The molecule has 1 N–H and O–H groups in total. The molecule has 0 aromatic heterocycles. The van der Waals surface area contributed by atoms with Crippen LogP contribution in [0.25, 0.3) is 0 Å². The summed E-state index contributed by atoms with van der Waals surface area (Å²) >= 11 is 0. The monoisotopic (exact) mass is 185 g/mol. The van der Waals surface area contributed by atoms with Crippen molar-refractivity contribution in [2.45, 2.75) is 27.2 Å². The molecule has 0 unspecified atom stereocenters. The van der Waals surface area contributed by atoms with Gasteiger partial charge in [-0.3, -0.25) is 0 Å². The van der Waals surface area contributed by atoms with Gasteiger partial charge >= 0.3 is 0 Å². The third-order valence-corrected chi connectivity index (χ3v) is 2.08. The lowest BCUT2D eigenvalue weighted by Gasteiger charge is -2.24. The van der Waals surface area contributed by atoms with E-state index in [1.807, 2.05) is 6.92 Å². The van der Waals surface area contributed by atoms with Crippen LogP contribution < -0.4 is 5.32 Å². The number of allylic oxidation sites excluding steroid dienone is 1. The molecule has 78 valence electrons. The van der Waals surface area contributed by atoms with Gasteiger partial charge in [-0.05, 0) is 18.8 Å². The lowest BCUT2D eigenvalue weighted by Crippen LogP contribution is -2.30. The van der Waals surface area contributed by atoms with E-state index in [-0.39, 0.29) is 0 Å². The van der Waals surface area contributed by atoms with Gasteiger partial charge in [0.05, 0.1) is 0 Å². The summed E-state index contributed by atoms with van der Waals surface area (Å²) in [6.45, 7) is 9.41. The maximum absolute atomic E-state index is 5.06. The van der Waals surface area contributed by atoms with Crippen LogP contribution in [0.3, 0.4) is 0 Å². The first-order valence-corrected chi connectivity index (χ1v) is 4.93. The number of rotatable bonds is 7. The minimum Gasteiger partial charge on any atom is -0.385 e. The Morgan fingerprint density at radius 2 is 2.08 bits per heavy atom. The fourth-order valence-corrected chi connectivity index (χ4v) is 1.08. The average Bonchev–Trinajstić information content (AvgIpc) is 2.09. The van der Waals surface area contributed by atoms with Crippen molar-refractivity contribution in [2.75, 3.05) is 26.8 Å². The lowest BCUT2D eigenvalue weighted by molar-refractivity contribution is 0.151. The maximum Gasteiger partial charge on any atom is 0.0467 e. The largest absolute Gasteiger partial charge is 0.385 e. The van der Waals surface area contributed by atoms with Crippen molar-refractivity contribution in [1.29, 1.82) is 0 Å². The smallest absolute Gasteiger partial charge is 0.0467 e. The predicted octanol–water partition coefficient (Wildman–Crippen LogP) is 2.21. The standard InChI is InChI=1S/C11H23NO/c1-5-6-8-12-10-11(2,3)7-9-13-4/h5-6,12H,7-10H2,1-4H3/b6-5+. The van der Waals surface area contributed by atoms with Crippen LogP contribution in [0, 0.1) is 5.41 Å². The number of hydrogen-bond acceptors (Lipinski definition) is 2. The molecule has 0 aromatic carbocycles. The highest BCUT2D eigenvalue weighted by Gasteiger charge is 2.15. The van der Waals surface area contributed by atoms with E-state index in [0.29, 0.717) is 5.41 Å². The van der Waals surface area contributed by atoms with Crippen molar-refractivity contribution in [3.8, 4) is 0 Å². The number of nitrogens with one attached hydrogen (secondary N) is 1. The van der Waals surface area contributed by atoms with Crippen molar-refractivity contribution in [2.24, 2.45) is 5.41 Å². The zero-order valence-corrected chi connectivity index (χ0v) is 9.39. The Labute approximate surface area is 82.4 Å². The molecule has 0 aliphatic rings. The Morgan fingerprint density at radius 1 is 1.38 bits per heavy atom. The second-order valence-electron chi connectivity index (χ2n) is 4.11. The SMILES string of the molecule is C/C=C/CNCC(C)(C)CCOC. The molecule has 13 heavy (non-hydrogen) atoms. The van der Waals surface area contributed by atoms with Crippen LogP contribution in [0.4, 0.5) is 0 Å². The fourth-order valence-electron chi connectivity index (χ4n) is 1.08. The first kappa shape index (κ1) is 12.7. The van der Waals surface area contributed by atoms with Gasteiger partial charge in [0.15, 0.2) is 0 Å². The zero-order valence-electron chi connectivity index (χ0n) is 9.39. The van der Waals surface area contributed by atoms with Gasteiger partial charge in [0, 0.05) is 26.8 Å². The number of hydrogen-bond donors (Lipinski definition) is 1. The highest BCUT2D eigenvalue weighted by molar-refractivity contribution is 4.81. The van der Waals surface area contributed by atoms with E-state index in [1.165, 1.54) is 0 Å². The number of methoxy groups -OCH3 is 1. The van der Waals surface area contributed by atoms with Crippen LogP contribution in [0.2, 0.25) is 0 Å². The Hall–Kier alpha value is -0.340. The summed E-state index contributed by atoms with van der Waals surface area (Å²) < 4.78 is 5.06. The molecule has 0 aliphatic heterocycles. The van der Waals surface area contributed by atoms with Gasteiger partial charge < -0.3 is 10.1 Å². The molecule has 0 amide bonds. The molecule has 0 saturated carbocycles. The minimum atomic E-state index is 0.331. The van der Waals surface area contributed by atoms with Crippen molar-refractivity contribution in [3.05, 3.63) is 12.2 Å². The van der Waals surface area contributed by atoms with E-state index < -0.39 is 0 Å². The highest BCUT2D eigenvalue weighted by atomic mass is 16.5. The lowest BCUT2D eigenvalue weighted by atomic mass is 9.90. The van der Waals surface area contributed by atoms with Crippen molar-refractivity contribution in [3.63, 3.8) is 0 Å². The molecule has 0 spiro atoms. The van der Waals surface area contributed by atoms with Crippen LogP contribution in [0.15, 0.2) is 12.2 Å². The van der Waals surface area contributed by atoms with E-state index in [2.05, 4.69) is 31.3 Å². The Bertz CT molecular complexity index is 141. The molecular formula is C11H23NO. The summed E-state index contributed by atoms with van der Waals surface area (Å²) in [5.41, 5.74) is 0.331. The summed E-state index contributed by atoms with van der Waals surface area (Å²) in [5, 5.41) is 3.39. The van der Waals surface area contributed by atoms with E-state index in [9.17, 15) is 0 Å². The van der Waals surface area contributed by atoms with Crippen molar-refractivity contribution < 1.29 is 4.74 Å². The van der Waals surface area contributed by atoms with Gasteiger partial charge in [-0.15, -0.1) is 0 Å². The molecule has 0 heterocycles. The van der Waals surface area contributed by atoms with Crippen LogP contribution >= 0.6 is 0 Å². The molecular weight excluding hydrogens is 162 g/mol. The van der Waals surface area contributed by atoms with Crippen LogP contribution in [-0.2, 0) is 4.74 Å². The van der Waals surface area contributed by atoms with Crippen LogP contribution in [-0.4, -0.2) is 26.8 Å². The van der Waals surface area contributed by atoms with Crippen molar-refractivity contribution in [1.82, 2.24) is 5.32 Å². The topological polar surface area (TPSA) is 21.3 Å². The van der Waals surface area contributed by atoms with Gasteiger partial charge in [-0.2, -0.15) is 0 Å². The molecule has 2 nitrogen and oxygen atoms in total. The minimum absolute atomic E-state index is 0.331. The van der Waals surface area contributed by atoms with Crippen LogP contribution in [0.1, 0.15) is 27.2 Å². The van der Waals surface area contributed by atoms with Gasteiger partial charge in [-0.1, -0.05) is 26.0 Å². The summed E-state index contributed by atoms with van der Waals surface area (Å²) in [6, 6.07) is 0. The van der Waals surface area contributed by atoms with E-state index >= 15 is 0 Å². The van der Waals surface area contributed by atoms with Gasteiger partial charge in [-0.25, -0.2) is 0 Å². The predicted molar refractivity (Wildman–Crippen MR) is 58.0 cm³/mol. The summed E-state index contributed by atoms with van der Waals surface area (Å²) in [4.78, 5) is 0. The van der Waals surface area contributed by atoms with Gasteiger partial charge in [0.1, 0.15) is 0 Å². The van der Waals surface area contributed by atoms with Crippen LogP contribution in [0.5, 0.6) is 0 Å². The number of ether oxygens (including phenoxy) is 1. The van der Waals surface area contributed by atoms with Gasteiger partial charge in [0.2, 0.25) is 0 Å². The summed E-state index contributed by atoms with van der Waals surface area (Å²) in [7, 11) is 1.75. The second kappa shape index (κ2) is 7.10. The molecule has 0 atom stereocenters. The molecule has 2 heteroatoms. The third kappa shape index (κ3) is 8.00. The molecule has 0 radical (unpaired) electrons. The van der Waals surface area contributed by atoms with E-state index in [4.69, 9.17) is 4.74 Å². The molecule has 0 saturated heterocycles. The molecule has 0 fully saturated rings. The Balaban J connectivity index is 3.49. The maximum atomic E-state index is 5.06. The Kier molecular flexibility index (Phi) is 6.92. The first-order chi connectivity index (χ1) is 6.12. The fraction of sp³-hybridized carbons (Fsp3) is 0.818. The zero-order chi connectivity index (χ0) is 10.2. The highest BCUT2D eigenvalue weighted by Crippen LogP contribution is 2.18.